The minimum Gasteiger partial charge on any atom is -0.326 e. The first-order chi connectivity index (χ1) is 8.13. The Morgan fingerprint density at radius 1 is 1.35 bits per heavy atom. The minimum atomic E-state index is -0.310. The predicted octanol–water partition coefficient (Wildman–Crippen LogP) is 2.05. The van der Waals surface area contributed by atoms with E-state index >= 15 is 0 Å². The van der Waals surface area contributed by atoms with Crippen LogP contribution in [0.25, 0.3) is 0 Å². The molecule has 1 aliphatic heterocycles. The quantitative estimate of drug-likeness (QED) is 0.542. The molecule has 0 spiro atoms. The van der Waals surface area contributed by atoms with Crippen molar-refractivity contribution >= 4 is 24.6 Å². The third kappa shape index (κ3) is 3.63. The third-order valence-electron chi connectivity index (χ3n) is 3.08. The molecule has 98 valence electrons. The number of imide groups is 1. The van der Waals surface area contributed by atoms with E-state index < -0.39 is 0 Å². The lowest BCUT2D eigenvalue weighted by atomic mass is 10.1. The fraction of sp³-hybridized carbons (Fsp3) is 0.833. The van der Waals surface area contributed by atoms with Crippen molar-refractivity contribution in [2.75, 3.05) is 12.3 Å². The van der Waals surface area contributed by atoms with Crippen molar-refractivity contribution in [1.29, 1.82) is 0 Å². The van der Waals surface area contributed by atoms with Gasteiger partial charge in [0.1, 0.15) is 6.04 Å². The number of amides is 3. The van der Waals surface area contributed by atoms with Gasteiger partial charge in [0.15, 0.2) is 0 Å². The molecule has 4 nitrogen and oxygen atoms in total. The molecule has 1 aliphatic rings. The Balaban J connectivity index is 2.58. The lowest BCUT2D eigenvalue weighted by molar-refractivity contribution is -0.128. The molecule has 3 amide bonds. The number of urea groups is 1. The third-order valence-corrected chi connectivity index (χ3v) is 3.60. The molecule has 2 unspecified atom stereocenters. The van der Waals surface area contributed by atoms with Gasteiger partial charge in [-0.3, -0.25) is 9.69 Å². The number of hydrogen-bond donors (Lipinski definition) is 2. The molecule has 2 atom stereocenters. The van der Waals surface area contributed by atoms with E-state index in [1.165, 1.54) is 4.90 Å². The van der Waals surface area contributed by atoms with Gasteiger partial charge in [-0.1, -0.05) is 26.7 Å². The van der Waals surface area contributed by atoms with Crippen molar-refractivity contribution < 1.29 is 9.59 Å². The smallest absolute Gasteiger partial charge is 0.324 e. The predicted molar refractivity (Wildman–Crippen MR) is 71.2 cm³/mol. The lowest BCUT2D eigenvalue weighted by Crippen LogP contribution is -2.36. The van der Waals surface area contributed by atoms with Crippen LogP contribution in [0, 0.1) is 5.92 Å². The second kappa shape index (κ2) is 6.89. The SMILES string of the molecule is CCCC(CS)CN1C(=O)NC(CCC)C1=O. The van der Waals surface area contributed by atoms with Crippen LogP contribution in [0.2, 0.25) is 0 Å². The largest absolute Gasteiger partial charge is 0.326 e. The topological polar surface area (TPSA) is 49.4 Å². The van der Waals surface area contributed by atoms with Crippen LogP contribution >= 0.6 is 12.6 Å². The van der Waals surface area contributed by atoms with Crippen LogP contribution in [0.1, 0.15) is 39.5 Å². The van der Waals surface area contributed by atoms with Gasteiger partial charge >= 0.3 is 6.03 Å². The Kier molecular flexibility index (Phi) is 5.82. The van der Waals surface area contributed by atoms with E-state index in [1.54, 1.807) is 0 Å². The second-order valence-corrected chi connectivity index (χ2v) is 4.94. The van der Waals surface area contributed by atoms with Crippen molar-refractivity contribution in [3.8, 4) is 0 Å². The average molecular weight is 258 g/mol. The Morgan fingerprint density at radius 2 is 2.06 bits per heavy atom. The van der Waals surface area contributed by atoms with Gasteiger partial charge < -0.3 is 5.32 Å². The molecule has 0 aromatic heterocycles. The molecular weight excluding hydrogens is 236 g/mol. The lowest BCUT2D eigenvalue weighted by Gasteiger charge is -2.19. The first kappa shape index (κ1) is 14.4. The summed E-state index contributed by atoms with van der Waals surface area (Å²) in [5.41, 5.74) is 0. The summed E-state index contributed by atoms with van der Waals surface area (Å²) >= 11 is 4.28. The molecular formula is C12H22N2O2S. The molecule has 0 saturated carbocycles. The molecule has 1 rings (SSSR count). The van der Waals surface area contributed by atoms with Gasteiger partial charge in [-0.25, -0.2) is 4.79 Å². The number of nitrogens with one attached hydrogen (secondary N) is 1. The fourth-order valence-electron chi connectivity index (χ4n) is 2.14. The summed E-state index contributed by atoms with van der Waals surface area (Å²) in [5.74, 6) is 0.946. The van der Waals surface area contributed by atoms with E-state index in [-0.39, 0.29) is 18.0 Å². The van der Waals surface area contributed by atoms with E-state index in [1.807, 2.05) is 6.92 Å². The van der Waals surface area contributed by atoms with E-state index in [0.29, 0.717) is 18.2 Å². The summed E-state index contributed by atoms with van der Waals surface area (Å²) in [6.45, 7) is 4.61. The molecule has 1 saturated heterocycles. The molecule has 0 aromatic carbocycles. The van der Waals surface area contributed by atoms with Crippen molar-refractivity contribution in [2.45, 2.75) is 45.6 Å². The first-order valence-electron chi connectivity index (χ1n) is 6.36. The highest BCUT2D eigenvalue weighted by Gasteiger charge is 2.37. The number of nitrogens with zero attached hydrogens (tertiary/aromatic N) is 1. The van der Waals surface area contributed by atoms with Gasteiger partial charge in [-0.05, 0) is 24.5 Å². The van der Waals surface area contributed by atoms with Gasteiger partial charge in [0, 0.05) is 6.54 Å². The summed E-state index contributed by atoms with van der Waals surface area (Å²) < 4.78 is 0. The van der Waals surface area contributed by atoms with Gasteiger partial charge in [-0.15, -0.1) is 0 Å². The van der Waals surface area contributed by atoms with Crippen molar-refractivity contribution in [2.24, 2.45) is 5.92 Å². The normalized spacial score (nSPS) is 21.8. The van der Waals surface area contributed by atoms with Crippen LogP contribution in [0.4, 0.5) is 4.79 Å². The molecule has 0 radical (unpaired) electrons. The zero-order valence-corrected chi connectivity index (χ0v) is 11.5. The summed E-state index contributed by atoms with van der Waals surface area (Å²) in [6.07, 6.45) is 3.67. The van der Waals surface area contributed by atoms with E-state index in [9.17, 15) is 9.59 Å². The van der Waals surface area contributed by atoms with E-state index in [2.05, 4.69) is 24.9 Å². The average Bonchev–Trinajstić information content (AvgIpc) is 2.56. The highest BCUT2D eigenvalue weighted by molar-refractivity contribution is 7.80. The van der Waals surface area contributed by atoms with Crippen LogP contribution in [0.15, 0.2) is 0 Å². The maximum absolute atomic E-state index is 12.0. The molecule has 1 N–H and O–H groups in total. The highest BCUT2D eigenvalue weighted by atomic mass is 32.1. The highest BCUT2D eigenvalue weighted by Crippen LogP contribution is 2.16. The summed E-state index contributed by atoms with van der Waals surface area (Å²) in [6, 6.07) is -0.550. The van der Waals surface area contributed by atoms with Crippen LogP contribution in [0.3, 0.4) is 0 Å². The van der Waals surface area contributed by atoms with E-state index in [0.717, 1.165) is 25.7 Å². The van der Waals surface area contributed by atoms with Crippen LogP contribution in [-0.4, -0.2) is 35.2 Å². The Morgan fingerprint density at radius 3 is 2.59 bits per heavy atom. The van der Waals surface area contributed by atoms with Crippen molar-refractivity contribution in [1.82, 2.24) is 10.2 Å². The number of hydrogen-bond acceptors (Lipinski definition) is 3. The maximum Gasteiger partial charge on any atom is 0.324 e. The van der Waals surface area contributed by atoms with Crippen LogP contribution in [0.5, 0.6) is 0 Å². The minimum absolute atomic E-state index is 0.0697. The molecule has 0 aromatic rings. The Labute approximate surface area is 109 Å². The standard InChI is InChI=1S/C12H22N2O2S/c1-3-5-9(8-17)7-14-11(15)10(6-4-2)13-12(14)16/h9-10,17H,3-8H2,1-2H3,(H,13,16). The monoisotopic (exact) mass is 258 g/mol. The van der Waals surface area contributed by atoms with Crippen molar-refractivity contribution in [3.63, 3.8) is 0 Å². The van der Waals surface area contributed by atoms with Crippen LogP contribution < -0.4 is 5.32 Å². The number of rotatable bonds is 7. The zero-order chi connectivity index (χ0) is 12.8. The maximum atomic E-state index is 12.0. The number of thiol groups is 1. The first-order valence-corrected chi connectivity index (χ1v) is 6.99. The van der Waals surface area contributed by atoms with Crippen molar-refractivity contribution in [3.05, 3.63) is 0 Å². The Hall–Kier alpha value is -0.710. The Bertz CT molecular complexity index is 284. The molecule has 0 bridgehead atoms. The molecule has 5 heteroatoms. The summed E-state index contributed by atoms with van der Waals surface area (Å²) in [7, 11) is 0. The van der Waals surface area contributed by atoms with Gasteiger partial charge in [-0.2, -0.15) is 12.6 Å². The fourth-order valence-corrected chi connectivity index (χ4v) is 2.44. The van der Waals surface area contributed by atoms with Gasteiger partial charge in [0.05, 0.1) is 0 Å². The van der Waals surface area contributed by atoms with Gasteiger partial charge in [0.2, 0.25) is 0 Å². The zero-order valence-electron chi connectivity index (χ0n) is 10.6. The summed E-state index contributed by atoms with van der Waals surface area (Å²) in [5, 5.41) is 2.74. The number of carbonyl (C=O) groups is 2. The number of carbonyl (C=O) groups excluding carboxylic acids is 2. The van der Waals surface area contributed by atoms with E-state index in [4.69, 9.17) is 0 Å². The molecule has 1 fully saturated rings. The van der Waals surface area contributed by atoms with Gasteiger partial charge in [0.25, 0.3) is 5.91 Å². The molecule has 0 aliphatic carbocycles. The van der Waals surface area contributed by atoms with Crippen LogP contribution in [-0.2, 0) is 4.79 Å². The second-order valence-electron chi connectivity index (χ2n) is 4.58. The molecule has 17 heavy (non-hydrogen) atoms. The molecule has 1 heterocycles. The summed E-state index contributed by atoms with van der Waals surface area (Å²) in [4.78, 5) is 25.0.